The number of carbonyl (C=O) groups is 1. The molecule has 0 atom stereocenters. The number of aromatic nitrogens is 3. The van der Waals surface area contributed by atoms with Crippen LogP contribution in [0.15, 0.2) is 30.3 Å². The Morgan fingerprint density at radius 2 is 1.95 bits per heavy atom. The van der Waals surface area contributed by atoms with Gasteiger partial charge in [-0.25, -0.2) is 9.67 Å². The van der Waals surface area contributed by atoms with Crippen LogP contribution in [0.25, 0.3) is 11.4 Å². The molecule has 5 nitrogen and oxygen atoms in total. The zero-order chi connectivity index (χ0) is 14.3. The highest BCUT2D eigenvalue weighted by Gasteiger charge is 2.12. The van der Waals surface area contributed by atoms with Gasteiger partial charge in [0.1, 0.15) is 6.54 Å². The first-order valence-corrected chi connectivity index (χ1v) is 6.03. The second-order valence-corrected chi connectivity index (χ2v) is 3.39. The first-order chi connectivity index (χ1) is 9.20. The van der Waals surface area contributed by atoms with E-state index in [0.717, 1.165) is 5.56 Å². The van der Waals surface area contributed by atoms with Crippen molar-refractivity contribution in [2.75, 3.05) is 7.11 Å². The highest BCUT2D eigenvalue weighted by Crippen LogP contribution is 2.14. The molecule has 0 aliphatic heterocycles. The van der Waals surface area contributed by atoms with Crippen LogP contribution < -0.4 is 5.72 Å². The molecule has 0 bridgehead atoms. The van der Waals surface area contributed by atoms with Crippen LogP contribution in [-0.4, -0.2) is 35.7 Å². The first kappa shape index (κ1) is 15.0. The van der Waals surface area contributed by atoms with E-state index in [4.69, 9.17) is 7.85 Å². The molecular formula is C13H16BN3O2. The van der Waals surface area contributed by atoms with Gasteiger partial charge in [0.2, 0.25) is 0 Å². The van der Waals surface area contributed by atoms with E-state index >= 15 is 0 Å². The Morgan fingerprint density at radius 3 is 2.53 bits per heavy atom. The molecule has 19 heavy (non-hydrogen) atoms. The van der Waals surface area contributed by atoms with Crippen molar-refractivity contribution in [1.82, 2.24) is 14.8 Å². The first-order valence-electron chi connectivity index (χ1n) is 6.03. The summed E-state index contributed by atoms with van der Waals surface area (Å²) in [6.07, 6.45) is 0. The third kappa shape index (κ3) is 3.94. The number of ether oxygens (including phenoxy) is 1. The smallest absolute Gasteiger partial charge is 0.327 e. The van der Waals surface area contributed by atoms with Crippen molar-refractivity contribution >= 4 is 19.5 Å². The van der Waals surface area contributed by atoms with Crippen LogP contribution in [0, 0.1) is 0 Å². The summed E-state index contributed by atoms with van der Waals surface area (Å²) in [7, 11) is 6.86. The molecule has 2 rings (SSSR count). The molecule has 0 unspecified atom stereocenters. The molecule has 6 heteroatoms. The second kappa shape index (κ2) is 7.36. The molecule has 1 aromatic carbocycles. The molecule has 1 heterocycles. The van der Waals surface area contributed by atoms with Gasteiger partial charge in [0, 0.05) is 5.56 Å². The Labute approximate surface area is 114 Å². The number of hydrogen-bond acceptors (Lipinski definition) is 4. The summed E-state index contributed by atoms with van der Waals surface area (Å²) in [6, 6.07) is 9.40. The van der Waals surface area contributed by atoms with E-state index in [9.17, 15) is 4.79 Å². The quantitative estimate of drug-likeness (QED) is 0.606. The average Bonchev–Trinajstić information content (AvgIpc) is 2.82. The van der Waals surface area contributed by atoms with Gasteiger partial charge in [-0.15, -0.1) is 0 Å². The molecule has 0 aliphatic rings. The molecule has 1 aromatic heterocycles. The molecule has 0 aliphatic carbocycles. The summed E-state index contributed by atoms with van der Waals surface area (Å²) in [6.45, 7) is 3.99. The van der Waals surface area contributed by atoms with E-state index in [0.29, 0.717) is 5.82 Å². The Balaban J connectivity index is 0.000000861. The van der Waals surface area contributed by atoms with Gasteiger partial charge in [0.05, 0.1) is 12.8 Å². The largest absolute Gasteiger partial charge is 0.468 e. The van der Waals surface area contributed by atoms with E-state index in [1.165, 1.54) is 11.8 Å². The zero-order valence-electron chi connectivity index (χ0n) is 11.3. The highest BCUT2D eigenvalue weighted by atomic mass is 16.5. The Kier molecular flexibility index (Phi) is 5.79. The van der Waals surface area contributed by atoms with Crippen molar-refractivity contribution in [2.45, 2.75) is 20.4 Å². The molecule has 2 aromatic rings. The monoisotopic (exact) mass is 257 g/mol. The van der Waals surface area contributed by atoms with Crippen LogP contribution in [0.4, 0.5) is 0 Å². The fourth-order valence-corrected chi connectivity index (χ4v) is 1.46. The summed E-state index contributed by atoms with van der Waals surface area (Å²) in [5.74, 6) is 0.153. The third-order valence-corrected chi connectivity index (χ3v) is 2.23. The maximum Gasteiger partial charge on any atom is 0.327 e. The number of methoxy groups -OCH3 is 1. The Hall–Kier alpha value is -2.11. The molecule has 0 spiro atoms. The maximum atomic E-state index is 11.2. The van der Waals surface area contributed by atoms with Gasteiger partial charge < -0.3 is 4.74 Å². The van der Waals surface area contributed by atoms with Crippen LogP contribution in [0.3, 0.4) is 0 Å². The lowest BCUT2D eigenvalue weighted by atomic mass is 10.1. The SMILES string of the molecule is CC.[B]c1nc(-c2ccccc2)n(CC(=O)OC)n1. The van der Waals surface area contributed by atoms with Crippen LogP contribution in [0.5, 0.6) is 0 Å². The van der Waals surface area contributed by atoms with Crippen molar-refractivity contribution in [3.05, 3.63) is 30.3 Å². The van der Waals surface area contributed by atoms with Crippen molar-refractivity contribution in [3.8, 4) is 11.4 Å². The fraction of sp³-hybridized carbons (Fsp3) is 0.308. The number of nitrogens with zero attached hydrogens (tertiary/aromatic N) is 3. The van der Waals surface area contributed by atoms with Gasteiger partial charge in [-0.2, -0.15) is 5.10 Å². The van der Waals surface area contributed by atoms with E-state index in [1.807, 2.05) is 44.2 Å². The molecule has 0 fully saturated rings. The summed E-state index contributed by atoms with van der Waals surface area (Å²) in [5.41, 5.74) is 0.980. The van der Waals surface area contributed by atoms with Crippen molar-refractivity contribution in [3.63, 3.8) is 0 Å². The average molecular weight is 257 g/mol. The van der Waals surface area contributed by atoms with E-state index in [-0.39, 0.29) is 12.3 Å². The summed E-state index contributed by atoms with van der Waals surface area (Å²) < 4.78 is 6.01. The minimum Gasteiger partial charge on any atom is -0.468 e. The molecular weight excluding hydrogens is 241 g/mol. The van der Waals surface area contributed by atoms with Gasteiger partial charge in [-0.1, -0.05) is 44.2 Å². The van der Waals surface area contributed by atoms with Crippen LogP contribution in [0.2, 0.25) is 0 Å². The predicted molar refractivity (Wildman–Crippen MR) is 74.2 cm³/mol. The molecule has 0 amide bonds. The van der Waals surface area contributed by atoms with Gasteiger partial charge in [-0.05, 0) is 0 Å². The van der Waals surface area contributed by atoms with E-state index in [1.54, 1.807) is 0 Å². The summed E-state index contributed by atoms with van der Waals surface area (Å²) >= 11 is 0. The van der Waals surface area contributed by atoms with Crippen molar-refractivity contribution in [1.29, 1.82) is 0 Å². The van der Waals surface area contributed by atoms with Crippen LogP contribution in [-0.2, 0) is 16.1 Å². The fourth-order valence-electron chi connectivity index (χ4n) is 1.46. The molecule has 0 saturated carbocycles. The van der Waals surface area contributed by atoms with E-state index < -0.39 is 5.97 Å². The molecule has 0 saturated heterocycles. The number of hydrogen-bond donors (Lipinski definition) is 0. The van der Waals surface area contributed by atoms with Crippen LogP contribution in [0.1, 0.15) is 13.8 Å². The number of carbonyl (C=O) groups excluding carboxylic acids is 1. The zero-order valence-corrected chi connectivity index (χ0v) is 11.3. The maximum absolute atomic E-state index is 11.2. The lowest BCUT2D eigenvalue weighted by molar-refractivity contribution is -0.141. The van der Waals surface area contributed by atoms with Gasteiger partial charge in [0.25, 0.3) is 0 Å². The summed E-state index contributed by atoms with van der Waals surface area (Å²) in [4.78, 5) is 15.3. The lowest BCUT2D eigenvalue weighted by Crippen LogP contribution is -2.16. The standard InChI is InChI=1S/C11H10BN3O2.C2H6/c1-17-9(16)7-15-10(13-11(12)14-15)8-5-3-2-4-6-8;1-2/h2-6H,7H2,1H3;1-2H3. The van der Waals surface area contributed by atoms with Crippen molar-refractivity contribution in [2.24, 2.45) is 0 Å². The normalized spacial score (nSPS) is 9.42. The summed E-state index contributed by atoms with van der Waals surface area (Å²) in [5, 5.41) is 3.96. The Bertz CT molecular complexity index is 526. The van der Waals surface area contributed by atoms with Gasteiger partial charge >= 0.3 is 5.97 Å². The van der Waals surface area contributed by atoms with Gasteiger partial charge in [-0.3, -0.25) is 4.79 Å². The minimum absolute atomic E-state index is 0.00900. The third-order valence-electron chi connectivity index (χ3n) is 2.23. The molecule has 0 N–H and O–H groups in total. The number of rotatable bonds is 3. The topological polar surface area (TPSA) is 57.0 Å². The highest BCUT2D eigenvalue weighted by molar-refractivity contribution is 6.29. The van der Waals surface area contributed by atoms with Crippen molar-refractivity contribution < 1.29 is 9.53 Å². The number of benzene rings is 1. The van der Waals surface area contributed by atoms with Gasteiger partial charge in [0.15, 0.2) is 13.7 Å². The second-order valence-electron chi connectivity index (χ2n) is 3.39. The van der Waals surface area contributed by atoms with E-state index in [2.05, 4.69) is 14.8 Å². The number of esters is 1. The molecule has 98 valence electrons. The Morgan fingerprint density at radius 1 is 1.32 bits per heavy atom. The molecule has 2 radical (unpaired) electrons. The van der Waals surface area contributed by atoms with Crippen LogP contribution >= 0.6 is 0 Å². The predicted octanol–water partition coefficient (Wildman–Crippen LogP) is 0.938. The minimum atomic E-state index is -0.396. The lowest BCUT2D eigenvalue weighted by Gasteiger charge is -2.04.